The number of pyridine rings is 1. The fourth-order valence-electron chi connectivity index (χ4n) is 3.78. The number of hydrogen-bond acceptors (Lipinski definition) is 5. The molecule has 8 heteroatoms. The summed E-state index contributed by atoms with van der Waals surface area (Å²) in [4.78, 5) is 30.7. The quantitative estimate of drug-likeness (QED) is 0.472. The van der Waals surface area contributed by atoms with Crippen molar-refractivity contribution >= 4 is 41.1 Å². The molecule has 0 bridgehead atoms. The van der Waals surface area contributed by atoms with Crippen LogP contribution in [0.5, 0.6) is 0 Å². The molecule has 1 aliphatic heterocycles. The molecule has 4 rings (SSSR count). The highest BCUT2D eigenvalue weighted by atomic mass is 32.2. The summed E-state index contributed by atoms with van der Waals surface area (Å²) in [6.45, 7) is 1.86. The molecule has 2 aromatic carbocycles. The zero-order chi connectivity index (χ0) is 22.7. The Morgan fingerprint density at radius 2 is 2.00 bits per heavy atom. The fraction of sp³-hybridized carbons (Fsp3) is 0.208. The second kappa shape index (κ2) is 9.75. The van der Waals surface area contributed by atoms with Gasteiger partial charge in [0, 0.05) is 17.6 Å². The van der Waals surface area contributed by atoms with Crippen molar-refractivity contribution in [2.24, 2.45) is 0 Å². The van der Waals surface area contributed by atoms with Crippen LogP contribution < -0.4 is 4.90 Å². The first-order valence-corrected chi connectivity index (χ1v) is 12.1. The molecule has 5 nitrogen and oxygen atoms in total. The number of carboxylic acids is 1. The summed E-state index contributed by atoms with van der Waals surface area (Å²) in [5.74, 6) is -0.401. The topological polar surface area (TPSA) is 70.5 Å². The van der Waals surface area contributed by atoms with Crippen molar-refractivity contribution < 1.29 is 19.1 Å². The number of carbonyl (C=O) groups excluding carboxylic acids is 1. The molecule has 1 N–H and O–H groups in total. The number of halogens is 1. The number of hydrogen-bond donors (Lipinski definition) is 1. The molecular weight excluding hydrogens is 447 g/mol. The third-order valence-corrected chi connectivity index (χ3v) is 7.48. The number of carbonyl (C=O) groups is 2. The van der Waals surface area contributed by atoms with Crippen LogP contribution in [-0.4, -0.2) is 33.5 Å². The van der Waals surface area contributed by atoms with E-state index in [1.165, 1.54) is 23.9 Å². The normalized spacial score (nSPS) is 15.9. The number of aromatic nitrogens is 1. The molecule has 1 amide bonds. The van der Waals surface area contributed by atoms with Gasteiger partial charge in [-0.1, -0.05) is 18.2 Å². The van der Waals surface area contributed by atoms with Gasteiger partial charge >= 0.3 is 5.97 Å². The number of benzene rings is 2. The predicted molar refractivity (Wildman–Crippen MR) is 126 cm³/mol. The van der Waals surface area contributed by atoms with E-state index in [1.54, 1.807) is 47.1 Å². The fourth-order valence-corrected chi connectivity index (χ4v) is 5.77. The molecule has 1 fully saturated rings. The Morgan fingerprint density at radius 3 is 2.69 bits per heavy atom. The van der Waals surface area contributed by atoms with Gasteiger partial charge in [-0.15, -0.1) is 23.5 Å². The minimum atomic E-state index is -0.991. The second-order valence-corrected chi connectivity index (χ2v) is 9.47. The predicted octanol–water partition coefficient (Wildman–Crippen LogP) is 5.34. The monoisotopic (exact) mass is 468 g/mol. The molecule has 0 radical (unpaired) electrons. The first-order valence-electron chi connectivity index (χ1n) is 10.0. The van der Waals surface area contributed by atoms with E-state index in [9.17, 15) is 19.1 Å². The van der Waals surface area contributed by atoms with E-state index < -0.39 is 5.97 Å². The zero-order valence-electron chi connectivity index (χ0n) is 17.3. The molecule has 32 heavy (non-hydrogen) atoms. The largest absolute Gasteiger partial charge is 0.478 e. The molecule has 1 saturated heterocycles. The summed E-state index contributed by atoms with van der Waals surface area (Å²) in [7, 11) is 0. The molecule has 164 valence electrons. The van der Waals surface area contributed by atoms with Crippen LogP contribution in [0, 0.1) is 12.7 Å². The molecule has 1 aliphatic rings. The lowest BCUT2D eigenvalue weighted by atomic mass is 9.97. The summed E-state index contributed by atoms with van der Waals surface area (Å²) in [5.41, 5.74) is 3.24. The summed E-state index contributed by atoms with van der Waals surface area (Å²) in [5, 5.41) is 10.3. The highest BCUT2D eigenvalue weighted by molar-refractivity contribution is 8.00. The number of aromatic carboxylic acids is 1. The standard InChI is InChI=1S/C24H21FN2O3S2/c1-15-18(11-13-31-21-4-2-3-12-26-21)19(24(29)30)9-10-20(15)27-22(28)14-32-23(27)16-5-7-17(25)8-6-16/h2-10,12,23H,11,13-14H2,1H3,(H,29,30). The molecule has 1 unspecified atom stereocenters. The molecule has 1 aromatic heterocycles. The van der Waals surface area contributed by atoms with Gasteiger partial charge < -0.3 is 5.11 Å². The second-order valence-electron chi connectivity index (χ2n) is 7.29. The number of thioether (sulfide) groups is 2. The zero-order valence-corrected chi connectivity index (χ0v) is 19.0. The Morgan fingerprint density at radius 1 is 1.22 bits per heavy atom. The van der Waals surface area contributed by atoms with Gasteiger partial charge in [-0.05, 0) is 66.4 Å². The SMILES string of the molecule is Cc1c(N2C(=O)CSC2c2ccc(F)cc2)ccc(C(=O)O)c1CCSc1ccccn1. The summed E-state index contributed by atoms with van der Waals surface area (Å²) < 4.78 is 13.4. The van der Waals surface area contributed by atoms with E-state index in [2.05, 4.69) is 4.98 Å². The lowest BCUT2D eigenvalue weighted by molar-refractivity contribution is -0.115. The van der Waals surface area contributed by atoms with Gasteiger partial charge in [0.2, 0.25) is 5.91 Å². The lowest BCUT2D eigenvalue weighted by Crippen LogP contribution is -2.29. The Hall–Kier alpha value is -2.84. The lowest BCUT2D eigenvalue weighted by Gasteiger charge is -2.27. The molecule has 1 atom stereocenters. The molecular formula is C24H21FN2O3S2. The average Bonchev–Trinajstić information content (AvgIpc) is 3.17. The maximum absolute atomic E-state index is 13.4. The first-order chi connectivity index (χ1) is 15.5. The molecule has 0 aliphatic carbocycles. The van der Waals surface area contributed by atoms with E-state index in [0.29, 0.717) is 29.2 Å². The van der Waals surface area contributed by atoms with Crippen LogP contribution in [0.4, 0.5) is 10.1 Å². The highest BCUT2D eigenvalue weighted by Gasteiger charge is 2.35. The van der Waals surface area contributed by atoms with Crippen molar-refractivity contribution in [1.82, 2.24) is 4.98 Å². The van der Waals surface area contributed by atoms with Crippen LogP contribution in [0.1, 0.15) is 32.4 Å². The van der Waals surface area contributed by atoms with Crippen LogP contribution in [-0.2, 0) is 11.2 Å². The number of carboxylic acid groups (broad SMARTS) is 1. The van der Waals surface area contributed by atoms with Gasteiger partial charge in [0.15, 0.2) is 0 Å². The molecule has 0 spiro atoms. The smallest absolute Gasteiger partial charge is 0.335 e. The van der Waals surface area contributed by atoms with Crippen molar-refractivity contribution in [2.45, 2.75) is 23.7 Å². The van der Waals surface area contributed by atoms with Crippen LogP contribution in [0.3, 0.4) is 0 Å². The maximum atomic E-state index is 13.4. The summed E-state index contributed by atoms with van der Waals surface area (Å²) >= 11 is 3.04. The van der Waals surface area contributed by atoms with Crippen molar-refractivity contribution in [3.8, 4) is 0 Å². The highest BCUT2D eigenvalue weighted by Crippen LogP contribution is 2.43. The van der Waals surface area contributed by atoms with Gasteiger partial charge in [-0.25, -0.2) is 14.2 Å². The third kappa shape index (κ3) is 4.66. The molecule has 0 saturated carbocycles. The Labute approximate surface area is 194 Å². The molecule has 3 aromatic rings. The van der Waals surface area contributed by atoms with Crippen molar-refractivity contribution in [1.29, 1.82) is 0 Å². The van der Waals surface area contributed by atoms with E-state index in [-0.39, 0.29) is 22.7 Å². The van der Waals surface area contributed by atoms with Crippen LogP contribution in [0.2, 0.25) is 0 Å². The summed E-state index contributed by atoms with van der Waals surface area (Å²) in [6.07, 6.45) is 2.25. The minimum Gasteiger partial charge on any atom is -0.478 e. The Balaban J connectivity index is 1.66. The Bertz CT molecular complexity index is 1140. The van der Waals surface area contributed by atoms with Gasteiger partial charge in [0.1, 0.15) is 11.2 Å². The van der Waals surface area contributed by atoms with Gasteiger partial charge in [-0.3, -0.25) is 9.69 Å². The van der Waals surface area contributed by atoms with E-state index >= 15 is 0 Å². The minimum absolute atomic E-state index is 0.0516. The van der Waals surface area contributed by atoms with Crippen LogP contribution in [0.15, 0.2) is 65.8 Å². The van der Waals surface area contributed by atoms with Crippen molar-refractivity contribution in [3.05, 3.63) is 88.9 Å². The maximum Gasteiger partial charge on any atom is 0.335 e. The van der Waals surface area contributed by atoms with Crippen LogP contribution in [0.25, 0.3) is 0 Å². The van der Waals surface area contributed by atoms with E-state index in [1.807, 2.05) is 25.1 Å². The van der Waals surface area contributed by atoms with Gasteiger partial charge in [-0.2, -0.15) is 0 Å². The number of amides is 1. The van der Waals surface area contributed by atoms with Crippen LogP contribution >= 0.6 is 23.5 Å². The number of nitrogens with zero attached hydrogens (tertiary/aromatic N) is 2. The number of rotatable bonds is 7. The van der Waals surface area contributed by atoms with E-state index in [4.69, 9.17) is 0 Å². The van der Waals surface area contributed by atoms with Gasteiger partial charge in [0.25, 0.3) is 0 Å². The Kier molecular flexibility index (Phi) is 6.81. The molecule has 2 heterocycles. The van der Waals surface area contributed by atoms with E-state index in [0.717, 1.165) is 16.2 Å². The van der Waals surface area contributed by atoms with Gasteiger partial charge in [0.05, 0.1) is 16.3 Å². The van der Waals surface area contributed by atoms with Crippen molar-refractivity contribution in [3.63, 3.8) is 0 Å². The third-order valence-electron chi connectivity index (χ3n) is 5.32. The van der Waals surface area contributed by atoms with Crippen molar-refractivity contribution in [2.75, 3.05) is 16.4 Å². The summed E-state index contributed by atoms with van der Waals surface area (Å²) in [6, 6.07) is 15.1. The number of anilines is 1. The first kappa shape index (κ1) is 22.4. The average molecular weight is 469 g/mol.